The highest BCUT2D eigenvalue weighted by molar-refractivity contribution is 5.82. The van der Waals surface area contributed by atoms with Crippen LogP contribution < -0.4 is 0 Å². The summed E-state index contributed by atoms with van der Waals surface area (Å²) in [5.41, 5.74) is 1.03. The molecule has 1 heterocycles. The van der Waals surface area contributed by atoms with E-state index < -0.39 is 0 Å². The van der Waals surface area contributed by atoms with Crippen LogP contribution in [0.15, 0.2) is 30.3 Å². The minimum Gasteiger partial charge on any atom is -0.349 e. The molecule has 4 nitrogen and oxygen atoms in total. The zero-order chi connectivity index (χ0) is 14.5. The lowest BCUT2D eigenvalue weighted by atomic mass is 9.96. The number of hydrogen-bond acceptors (Lipinski definition) is 2. The van der Waals surface area contributed by atoms with Crippen LogP contribution in [0.1, 0.15) is 18.4 Å². The average molecular weight is 274 g/mol. The Bertz CT molecular complexity index is 471. The number of hydrogen-bond donors (Lipinski definition) is 0. The van der Waals surface area contributed by atoms with Crippen LogP contribution in [0.2, 0.25) is 0 Å². The van der Waals surface area contributed by atoms with Crippen molar-refractivity contribution in [2.45, 2.75) is 19.3 Å². The minimum atomic E-state index is -0.0431. The monoisotopic (exact) mass is 274 g/mol. The molecular weight excluding hydrogens is 252 g/mol. The van der Waals surface area contributed by atoms with Crippen molar-refractivity contribution in [2.24, 2.45) is 5.92 Å². The van der Waals surface area contributed by atoms with Gasteiger partial charge in [-0.05, 0) is 18.4 Å². The quantitative estimate of drug-likeness (QED) is 0.839. The Morgan fingerprint density at radius 3 is 2.60 bits per heavy atom. The normalized spacial score (nSPS) is 18.7. The van der Waals surface area contributed by atoms with Crippen molar-refractivity contribution in [1.82, 2.24) is 9.80 Å². The van der Waals surface area contributed by atoms with Crippen LogP contribution in [0.3, 0.4) is 0 Å². The molecule has 0 aliphatic carbocycles. The first-order valence-electron chi connectivity index (χ1n) is 7.11. The molecule has 1 aromatic carbocycles. The van der Waals surface area contributed by atoms with E-state index in [2.05, 4.69) is 0 Å². The molecule has 1 unspecified atom stereocenters. The van der Waals surface area contributed by atoms with Crippen molar-refractivity contribution in [3.63, 3.8) is 0 Å². The summed E-state index contributed by atoms with van der Waals surface area (Å²) >= 11 is 0. The molecule has 0 bridgehead atoms. The number of benzene rings is 1. The van der Waals surface area contributed by atoms with Gasteiger partial charge in [-0.3, -0.25) is 9.59 Å². The highest BCUT2D eigenvalue weighted by Gasteiger charge is 2.29. The highest BCUT2D eigenvalue weighted by atomic mass is 16.2. The summed E-state index contributed by atoms with van der Waals surface area (Å²) in [6.07, 6.45) is 2.21. The standard InChI is InChI=1S/C16H22N2O2/c1-17(2)16(20)14-9-6-10-18(12-14)15(19)11-13-7-4-3-5-8-13/h3-5,7-8,14H,6,9-12H2,1-2H3. The summed E-state index contributed by atoms with van der Waals surface area (Å²) in [5, 5.41) is 0. The average Bonchev–Trinajstić information content (AvgIpc) is 2.47. The van der Waals surface area contributed by atoms with E-state index in [0.29, 0.717) is 13.0 Å². The molecule has 20 heavy (non-hydrogen) atoms. The molecule has 1 aliphatic heterocycles. The van der Waals surface area contributed by atoms with Crippen LogP contribution >= 0.6 is 0 Å². The number of carbonyl (C=O) groups is 2. The number of rotatable bonds is 3. The van der Waals surface area contributed by atoms with Gasteiger partial charge in [0.05, 0.1) is 12.3 Å². The highest BCUT2D eigenvalue weighted by Crippen LogP contribution is 2.19. The number of carbonyl (C=O) groups excluding carboxylic acids is 2. The zero-order valence-electron chi connectivity index (χ0n) is 12.2. The van der Waals surface area contributed by atoms with E-state index in [-0.39, 0.29) is 17.7 Å². The van der Waals surface area contributed by atoms with E-state index in [1.807, 2.05) is 35.2 Å². The van der Waals surface area contributed by atoms with Crippen molar-refractivity contribution >= 4 is 11.8 Å². The first kappa shape index (κ1) is 14.6. The lowest BCUT2D eigenvalue weighted by Gasteiger charge is -2.33. The first-order chi connectivity index (χ1) is 9.58. The van der Waals surface area contributed by atoms with E-state index in [9.17, 15) is 9.59 Å². The molecule has 0 aromatic heterocycles. The number of piperidine rings is 1. The Morgan fingerprint density at radius 1 is 1.25 bits per heavy atom. The third-order valence-corrected chi connectivity index (χ3v) is 3.76. The predicted molar refractivity (Wildman–Crippen MR) is 78.1 cm³/mol. The Balaban J connectivity index is 1.95. The second kappa shape index (κ2) is 6.55. The van der Waals surface area contributed by atoms with Crippen molar-refractivity contribution in [2.75, 3.05) is 27.2 Å². The molecule has 1 fully saturated rings. The minimum absolute atomic E-state index is 0.0431. The molecule has 2 rings (SSSR count). The Morgan fingerprint density at radius 2 is 1.95 bits per heavy atom. The summed E-state index contributed by atoms with van der Waals surface area (Å²) < 4.78 is 0. The molecule has 1 atom stereocenters. The maximum atomic E-state index is 12.3. The Hall–Kier alpha value is -1.84. The first-order valence-corrected chi connectivity index (χ1v) is 7.11. The predicted octanol–water partition coefficient (Wildman–Crippen LogP) is 1.56. The maximum Gasteiger partial charge on any atom is 0.227 e. The topological polar surface area (TPSA) is 40.6 Å². The second-order valence-electron chi connectivity index (χ2n) is 5.57. The van der Waals surface area contributed by atoms with Gasteiger partial charge in [-0.25, -0.2) is 0 Å². The van der Waals surface area contributed by atoms with E-state index in [4.69, 9.17) is 0 Å². The fourth-order valence-corrected chi connectivity index (χ4v) is 2.65. The van der Waals surface area contributed by atoms with Gasteiger partial charge in [-0.1, -0.05) is 30.3 Å². The van der Waals surface area contributed by atoms with Gasteiger partial charge in [0, 0.05) is 27.2 Å². The van der Waals surface area contributed by atoms with E-state index >= 15 is 0 Å². The molecule has 4 heteroatoms. The fourth-order valence-electron chi connectivity index (χ4n) is 2.65. The lowest BCUT2D eigenvalue weighted by molar-refractivity contribution is -0.138. The van der Waals surface area contributed by atoms with E-state index in [1.54, 1.807) is 19.0 Å². The van der Waals surface area contributed by atoms with Gasteiger partial charge in [0.1, 0.15) is 0 Å². The number of likely N-dealkylation sites (tertiary alicyclic amines) is 1. The zero-order valence-corrected chi connectivity index (χ0v) is 12.2. The van der Waals surface area contributed by atoms with Gasteiger partial charge in [0.25, 0.3) is 0 Å². The van der Waals surface area contributed by atoms with Gasteiger partial charge in [-0.15, -0.1) is 0 Å². The van der Waals surface area contributed by atoms with Crippen LogP contribution in [0.4, 0.5) is 0 Å². The van der Waals surface area contributed by atoms with Crippen molar-refractivity contribution in [3.8, 4) is 0 Å². The van der Waals surface area contributed by atoms with Gasteiger partial charge in [-0.2, -0.15) is 0 Å². The van der Waals surface area contributed by atoms with Crippen LogP contribution in [-0.4, -0.2) is 48.8 Å². The SMILES string of the molecule is CN(C)C(=O)C1CCCN(C(=O)Cc2ccccc2)C1. The van der Waals surface area contributed by atoms with Crippen molar-refractivity contribution < 1.29 is 9.59 Å². The summed E-state index contributed by atoms with van der Waals surface area (Å²) in [6.45, 7) is 1.32. The summed E-state index contributed by atoms with van der Waals surface area (Å²) in [5.74, 6) is 0.202. The fraction of sp³-hybridized carbons (Fsp3) is 0.500. The maximum absolute atomic E-state index is 12.3. The van der Waals surface area contributed by atoms with Crippen LogP contribution in [-0.2, 0) is 16.0 Å². The summed E-state index contributed by atoms with van der Waals surface area (Å²) in [6, 6.07) is 9.75. The molecular formula is C16H22N2O2. The summed E-state index contributed by atoms with van der Waals surface area (Å²) in [7, 11) is 3.54. The van der Waals surface area contributed by atoms with E-state index in [0.717, 1.165) is 24.9 Å². The molecule has 1 saturated heterocycles. The molecule has 108 valence electrons. The van der Waals surface area contributed by atoms with Crippen molar-refractivity contribution in [1.29, 1.82) is 0 Å². The van der Waals surface area contributed by atoms with Gasteiger partial charge < -0.3 is 9.80 Å². The number of nitrogens with zero attached hydrogens (tertiary/aromatic N) is 2. The second-order valence-corrected chi connectivity index (χ2v) is 5.57. The van der Waals surface area contributed by atoms with Crippen LogP contribution in [0, 0.1) is 5.92 Å². The third kappa shape index (κ3) is 3.59. The van der Waals surface area contributed by atoms with Crippen LogP contribution in [0.5, 0.6) is 0 Å². The smallest absolute Gasteiger partial charge is 0.227 e. The molecule has 0 radical (unpaired) electrons. The van der Waals surface area contributed by atoms with Crippen LogP contribution in [0.25, 0.3) is 0 Å². The summed E-state index contributed by atoms with van der Waals surface area (Å²) in [4.78, 5) is 27.8. The molecule has 2 amide bonds. The van der Waals surface area contributed by atoms with Gasteiger partial charge in [0.15, 0.2) is 0 Å². The van der Waals surface area contributed by atoms with Gasteiger partial charge >= 0.3 is 0 Å². The molecule has 0 spiro atoms. The number of amides is 2. The molecule has 0 saturated carbocycles. The molecule has 1 aliphatic rings. The Kier molecular flexibility index (Phi) is 4.77. The van der Waals surface area contributed by atoms with E-state index in [1.165, 1.54) is 0 Å². The lowest BCUT2D eigenvalue weighted by Crippen LogP contribution is -2.45. The third-order valence-electron chi connectivity index (χ3n) is 3.76. The largest absolute Gasteiger partial charge is 0.349 e. The Labute approximate surface area is 120 Å². The molecule has 0 N–H and O–H groups in total. The van der Waals surface area contributed by atoms with Gasteiger partial charge in [0.2, 0.25) is 11.8 Å². The molecule has 1 aromatic rings. The van der Waals surface area contributed by atoms with Crippen molar-refractivity contribution in [3.05, 3.63) is 35.9 Å².